The van der Waals surface area contributed by atoms with Crippen molar-refractivity contribution in [2.45, 2.75) is 6.54 Å². The lowest BCUT2D eigenvalue weighted by Gasteiger charge is -2.12. The molecule has 2 aromatic carbocycles. The van der Waals surface area contributed by atoms with Gasteiger partial charge >= 0.3 is 0 Å². The van der Waals surface area contributed by atoms with Crippen molar-refractivity contribution in [3.05, 3.63) is 58.9 Å². The maximum Gasteiger partial charge on any atom is 0.142 e. The van der Waals surface area contributed by atoms with E-state index < -0.39 is 5.82 Å². The van der Waals surface area contributed by atoms with E-state index in [1.54, 1.807) is 13.2 Å². The van der Waals surface area contributed by atoms with E-state index in [-0.39, 0.29) is 5.02 Å². The van der Waals surface area contributed by atoms with Gasteiger partial charge in [0.1, 0.15) is 17.3 Å². The molecule has 3 nitrogen and oxygen atoms in total. The quantitative estimate of drug-likeness (QED) is 0.784. The first-order valence-corrected chi connectivity index (χ1v) is 6.99. The molecule has 0 saturated carbocycles. The second kappa shape index (κ2) is 7.98. The zero-order valence-corrected chi connectivity index (χ0v) is 12.5. The minimum absolute atomic E-state index is 0.0446. The molecule has 0 unspecified atom stereocenters. The van der Waals surface area contributed by atoms with Crippen molar-refractivity contribution >= 4 is 11.6 Å². The Kier molecular flexibility index (Phi) is 5.99. The van der Waals surface area contributed by atoms with Crippen LogP contribution in [0.5, 0.6) is 11.5 Å². The van der Waals surface area contributed by atoms with E-state index in [0.717, 1.165) is 12.1 Å². The predicted molar refractivity (Wildman–Crippen MR) is 81.5 cm³/mol. The van der Waals surface area contributed by atoms with E-state index in [2.05, 4.69) is 5.32 Å². The molecule has 0 aliphatic heterocycles. The Bertz CT molecular complexity index is 592. The number of methoxy groups -OCH3 is 1. The summed E-state index contributed by atoms with van der Waals surface area (Å²) >= 11 is 5.76. The van der Waals surface area contributed by atoms with Gasteiger partial charge in [-0.2, -0.15) is 0 Å². The molecule has 0 amide bonds. The van der Waals surface area contributed by atoms with Crippen molar-refractivity contribution in [1.82, 2.24) is 5.32 Å². The standard InChI is InChI=1S/C16H17ClFNO2/c1-20-9-8-19-11-12-4-2-3-5-16(12)21-13-6-7-15(18)14(17)10-13/h2-7,10,19H,8-9,11H2,1H3. The van der Waals surface area contributed by atoms with E-state index >= 15 is 0 Å². The highest BCUT2D eigenvalue weighted by molar-refractivity contribution is 6.30. The number of halogens is 2. The number of rotatable bonds is 7. The molecule has 0 spiro atoms. The number of hydrogen-bond acceptors (Lipinski definition) is 3. The molecule has 21 heavy (non-hydrogen) atoms. The van der Waals surface area contributed by atoms with Crippen molar-refractivity contribution in [2.24, 2.45) is 0 Å². The minimum atomic E-state index is -0.460. The van der Waals surface area contributed by atoms with E-state index in [9.17, 15) is 4.39 Å². The molecule has 0 heterocycles. The molecule has 0 atom stereocenters. The number of para-hydroxylation sites is 1. The van der Waals surface area contributed by atoms with E-state index in [0.29, 0.717) is 24.7 Å². The highest BCUT2D eigenvalue weighted by Crippen LogP contribution is 2.28. The summed E-state index contributed by atoms with van der Waals surface area (Å²) in [6.45, 7) is 2.07. The Morgan fingerprint density at radius 3 is 2.76 bits per heavy atom. The van der Waals surface area contributed by atoms with Gasteiger partial charge in [-0.1, -0.05) is 29.8 Å². The van der Waals surface area contributed by atoms with Crippen LogP contribution in [0.4, 0.5) is 4.39 Å². The first-order valence-electron chi connectivity index (χ1n) is 6.61. The summed E-state index contributed by atoms with van der Waals surface area (Å²) in [6.07, 6.45) is 0. The van der Waals surface area contributed by atoms with Gasteiger partial charge in [0.15, 0.2) is 0 Å². The van der Waals surface area contributed by atoms with Crippen LogP contribution in [0, 0.1) is 5.82 Å². The van der Waals surface area contributed by atoms with Crippen LogP contribution >= 0.6 is 11.6 Å². The largest absolute Gasteiger partial charge is 0.457 e. The Morgan fingerprint density at radius 1 is 1.19 bits per heavy atom. The molecule has 0 bridgehead atoms. The Morgan fingerprint density at radius 2 is 2.00 bits per heavy atom. The molecular weight excluding hydrogens is 293 g/mol. The molecule has 0 aliphatic rings. The van der Waals surface area contributed by atoms with Crippen LogP contribution < -0.4 is 10.1 Å². The van der Waals surface area contributed by atoms with E-state index in [4.69, 9.17) is 21.1 Å². The highest BCUT2D eigenvalue weighted by Gasteiger charge is 2.06. The van der Waals surface area contributed by atoms with Gasteiger partial charge in [0.05, 0.1) is 11.6 Å². The van der Waals surface area contributed by atoms with Gasteiger partial charge < -0.3 is 14.8 Å². The van der Waals surface area contributed by atoms with Gasteiger partial charge in [0.25, 0.3) is 0 Å². The number of hydrogen-bond donors (Lipinski definition) is 1. The van der Waals surface area contributed by atoms with Gasteiger partial charge in [-0.3, -0.25) is 0 Å². The summed E-state index contributed by atoms with van der Waals surface area (Å²) in [4.78, 5) is 0. The van der Waals surface area contributed by atoms with Gasteiger partial charge in [-0.15, -0.1) is 0 Å². The average molecular weight is 310 g/mol. The number of ether oxygens (including phenoxy) is 2. The van der Waals surface area contributed by atoms with Crippen molar-refractivity contribution in [2.75, 3.05) is 20.3 Å². The molecule has 112 valence electrons. The smallest absolute Gasteiger partial charge is 0.142 e. The normalized spacial score (nSPS) is 10.6. The summed E-state index contributed by atoms with van der Waals surface area (Å²) in [5.74, 6) is 0.759. The predicted octanol–water partition coefficient (Wildman–Crippen LogP) is 4.01. The summed E-state index contributed by atoms with van der Waals surface area (Å²) in [5, 5.41) is 3.30. The van der Waals surface area contributed by atoms with Gasteiger partial charge in [0, 0.05) is 31.8 Å². The van der Waals surface area contributed by atoms with Gasteiger partial charge in [-0.25, -0.2) is 4.39 Å². The van der Waals surface area contributed by atoms with Crippen LogP contribution in [0.1, 0.15) is 5.56 Å². The molecular formula is C16H17ClFNO2. The summed E-state index contributed by atoms with van der Waals surface area (Å²) < 4.78 is 23.9. The fraction of sp³-hybridized carbons (Fsp3) is 0.250. The third kappa shape index (κ3) is 4.70. The zero-order chi connectivity index (χ0) is 15.1. The van der Waals surface area contributed by atoms with Crippen molar-refractivity contribution in [3.63, 3.8) is 0 Å². The van der Waals surface area contributed by atoms with Gasteiger partial charge in [0.2, 0.25) is 0 Å². The zero-order valence-electron chi connectivity index (χ0n) is 11.7. The van der Waals surface area contributed by atoms with E-state index in [1.165, 1.54) is 12.1 Å². The molecule has 1 N–H and O–H groups in total. The lowest BCUT2D eigenvalue weighted by Crippen LogP contribution is -2.18. The van der Waals surface area contributed by atoms with Crippen LogP contribution in [-0.4, -0.2) is 20.3 Å². The SMILES string of the molecule is COCCNCc1ccccc1Oc1ccc(F)c(Cl)c1. The number of benzene rings is 2. The molecule has 0 saturated heterocycles. The van der Waals surface area contributed by atoms with Crippen LogP contribution in [0.2, 0.25) is 5.02 Å². The molecule has 0 aromatic heterocycles. The Hall–Kier alpha value is -1.62. The topological polar surface area (TPSA) is 30.5 Å². The van der Waals surface area contributed by atoms with Crippen molar-refractivity contribution in [1.29, 1.82) is 0 Å². The number of nitrogens with one attached hydrogen (secondary N) is 1. The molecule has 2 aromatic rings. The summed E-state index contributed by atoms with van der Waals surface area (Å²) in [5.41, 5.74) is 1.01. The molecule has 2 rings (SSSR count). The maximum atomic E-state index is 13.1. The fourth-order valence-corrected chi connectivity index (χ4v) is 1.98. The third-order valence-electron chi connectivity index (χ3n) is 2.89. The average Bonchev–Trinajstić information content (AvgIpc) is 2.49. The van der Waals surface area contributed by atoms with Crippen molar-refractivity contribution < 1.29 is 13.9 Å². The van der Waals surface area contributed by atoms with E-state index in [1.807, 2.05) is 24.3 Å². The first-order chi connectivity index (χ1) is 10.2. The van der Waals surface area contributed by atoms with Crippen molar-refractivity contribution in [3.8, 4) is 11.5 Å². The lowest BCUT2D eigenvalue weighted by molar-refractivity contribution is 0.199. The second-order valence-corrected chi connectivity index (χ2v) is 4.86. The van der Waals surface area contributed by atoms with Gasteiger partial charge in [-0.05, 0) is 18.2 Å². The second-order valence-electron chi connectivity index (χ2n) is 4.46. The maximum absolute atomic E-state index is 13.1. The summed E-state index contributed by atoms with van der Waals surface area (Å²) in [7, 11) is 1.66. The van der Waals surface area contributed by atoms with Crippen LogP contribution in [0.15, 0.2) is 42.5 Å². The molecule has 0 fully saturated rings. The molecule has 0 aliphatic carbocycles. The minimum Gasteiger partial charge on any atom is -0.457 e. The highest BCUT2D eigenvalue weighted by atomic mass is 35.5. The van der Waals surface area contributed by atoms with Crippen LogP contribution in [0.25, 0.3) is 0 Å². The molecule has 5 heteroatoms. The first kappa shape index (κ1) is 15.8. The van der Waals surface area contributed by atoms with Crippen LogP contribution in [-0.2, 0) is 11.3 Å². The fourth-order valence-electron chi connectivity index (χ4n) is 1.81. The Labute approximate surface area is 128 Å². The monoisotopic (exact) mass is 309 g/mol. The third-order valence-corrected chi connectivity index (χ3v) is 3.18. The Balaban J connectivity index is 2.06. The molecule has 0 radical (unpaired) electrons. The van der Waals surface area contributed by atoms with Crippen LogP contribution in [0.3, 0.4) is 0 Å². The summed E-state index contributed by atoms with van der Waals surface area (Å²) in [6, 6.07) is 12.0. The lowest BCUT2D eigenvalue weighted by atomic mass is 10.2.